The standard InChI is InChI=1S/C15H30N2O/c1-17-11-8-13(9-12-17)7-10-16-14-5-3-2-4-6-15(14)18/h13-16,18H,2-12H2,1H3. The molecule has 0 radical (unpaired) electrons. The number of nitrogens with zero attached hydrogens (tertiary/aromatic N) is 1. The van der Waals surface area contributed by atoms with Gasteiger partial charge in [0.2, 0.25) is 0 Å². The van der Waals surface area contributed by atoms with Crippen molar-refractivity contribution in [3.63, 3.8) is 0 Å². The molecule has 3 heteroatoms. The number of hydrogen-bond acceptors (Lipinski definition) is 3. The summed E-state index contributed by atoms with van der Waals surface area (Å²) in [6, 6.07) is 0.360. The maximum absolute atomic E-state index is 10.1. The van der Waals surface area contributed by atoms with Gasteiger partial charge in [-0.05, 0) is 64.7 Å². The smallest absolute Gasteiger partial charge is 0.0693 e. The molecule has 0 aromatic carbocycles. The topological polar surface area (TPSA) is 35.5 Å². The zero-order valence-corrected chi connectivity index (χ0v) is 11.9. The largest absolute Gasteiger partial charge is 0.392 e. The molecule has 2 aliphatic rings. The molecule has 2 rings (SSSR count). The molecule has 2 fully saturated rings. The van der Waals surface area contributed by atoms with Gasteiger partial charge in [-0.25, -0.2) is 0 Å². The molecule has 2 N–H and O–H groups in total. The van der Waals surface area contributed by atoms with Gasteiger partial charge in [-0.15, -0.1) is 0 Å². The fourth-order valence-electron chi connectivity index (χ4n) is 3.35. The van der Waals surface area contributed by atoms with Gasteiger partial charge in [0.1, 0.15) is 0 Å². The van der Waals surface area contributed by atoms with Crippen LogP contribution in [-0.2, 0) is 0 Å². The van der Waals surface area contributed by atoms with Crippen molar-refractivity contribution in [2.24, 2.45) is 5.92 Å². The number of rotatable bonds is 4. The first kappa shape index (κ1) is 14.3. The fraction of sp³-hybridized carbons (Fsp3) is 1.00. The summed E-state index contributed by atoms with van der Waals surface area (Å²) in [5.41, 5.74) is 0. The van der Waals surface area contributed by atoms with Crippen LogP contribution in [0.25, 0.3) is 0 Å². The van der Waals surface area contributed by atoms with Crippen LogP contribution in [0.5, 0.6) is 0 Å². The highest BCUT2D eigenvalue weighted by molar-refractivity contribution is 4.79. The minimum Gasteiger partial charge on any atom is -0.392 e. The molecule has 106 valence electrons. The van der Waals surface area contributed by atoms with E-state index in [1.807, 2.05) is 0 Å². The number of hydrogen-bond donors (Lipinski definition) is 2. The summed E-state index contributed by atoms with van der Waals surface area (Å²) in [7, 11) is 2.22. The Morgan fingerprint density at radius 2 is 1.78 bits per heavy atom. The number of nitrogens with one attached hydrogen (secondary N) is 1. The Labute approximate surface area is 112 Å². The van der Waals surface area contributed by atoms with Crippen molar-refractivity contribution in [2.75, 3.05) is 26.7 Å². The van der Waals surface area contributed by atoms with E-state index in [0.717, 1.165) is 25.3 Å². The quantitative estimate of drug-likeness (QED) is 0.753. The Bertz CT molecular complexity index is 227. The molecular weight excluding hydrogens is 224 g/mol. The molecule has 2 unspecified atom stereocenters. The number of piperidine rings is 1. The highest BCUT2D eigenvalue weighted by atomic mass is 16.3. The maximum atomic E-state index is 10.1. The lowest BCUT2D eigenvalue weighted by atomic mass is 9.93. The lowest BCUT2D eigenvalue weighted by Gasteiger charge is -2.30. The minimum absolute atomic E-state index is 0.106. The molecule has 0 spiro atoms. The van der Waals surface area contributed by atoms with Gasteiger partial charge in [-0.3, -0.25) is 0 Å². The third-order valence-corrected chi connectivity index (χ3v) is 4.78. The maximum Gasteiger partial charge on any atom is 0.0693 e. The van der Waals surface area contributed by atoms with Crippen LogP contribution in [0.3, 0.4) is 0 Å². The van der Waals surface area contributed by atoms with E-state index in [0.29, 0.717) is 6.04 Å². The van der Waals surface area contributed by atoms with Crippen molar-refractivity contribution in [3.8, 4) is 0 Å². The summed E-state index contributed by atoms with van der Waals surface area (Å²) in [6.07, 6.45) is 9.82. The van der Waals surface area contributed by atoms with Gasteiger partial charge in [-0.2, -0.15) is 0 Å². The number of aliphatic hydroxyl groups excluding tert-OH is 1. The molecule has 2 atom stereocenters. The SMILES string of the molecule is CN1CCC(CCNC2CCCCCC2O)CC1. The number of aliphatic hydroxyl groups is 1. The van der Waals surface area contributed by atoms with Crippen LogP contribution < -0.4 is 5.32 Å². The molecule has 3 nitrogen and oxygen atoms in total. The third-order valence-electron chi connectivity index (χ3n) is 4.78. The Morgan fingerprint density at radius 1 is 1.06 bits per heavy atom. The Balaban J connectivity index is 1.62. The molecule has 1 heterocycles. The lowest BCUT2D eigenvalue weighted by Crippen LogP contribution is -2.40. The zero-order valence-electron chi connectivity index (χ0n) is 11.9. The summed E-state index contributed by atoms with van der Waals surface area (Å²) in [5, 5.41) is 13.7. The molecule has 0 aromatic rings. The second-order valence-corrected chi connectivity index (χ2v) is 6.30. The fourth-order valence-corrected chi connectivity index (χ4v) is 3.35. The first-order valence-corrected chi connectivity index (χ1v) is 7.85. The summed E-state index contributed by atoms with van der Waals surface area (Å²) >= 11 is 0. The van der Waals surface area contributed by atoms with Crippen molar-refractivity contribution in [2.45, 2.75) is 63.5 Å². The average Bonchev–Trinajstić information content (AvgIpc) is 2.57. The van der Waals surface area contributed by atoms with Crippen LogP contribution in [0, 0.1) is 5.92 Å². The van der Waals surface area contributed by atoms with Gasteiger partial charge in [0, 0.05) is 6.04 Å². The molecule has 0 aromatic heterocycles. The zero-order chi connectivity index (χ0) is 12.8. The average molecular weight is 254 g/mol. The van der Waals surface area contributed by atoms with Gasteiger partial charge < -0.3 is 15.3 Å². The highest BCUT2D eigenvalue weighted by Gasteiger charge is 2.22. The molecule has 18 heavy (non-hydrogen) atoms. The van der Waals surface area contributed by atoms with Crippen molar-refractivity contribution >= 4 is 0 Å². The van der Waals surface area contributed by atoms with E-state index in [2.05, 4.69) is 17.3 Å². The molecule has 0 bridgehead atoms. The van der Waals surface area contributed by atoms with Crippen molar-refractivity contribution < 1.29 is 5.11 Å². The van der Waals surface area contributed by atoms with E-state index in [1.54, 1.807) is 0 Å². The summed E-state index contributed by atoms with van der Waals surface area (Å²) in [5.74, 6) is 0.900. The normalized spacial score (nSPS) is 32.3. The first-order chi connectivity index (χ1) is 8.75. The predicted octanol–water partition coefficient (Wildman–Crippen LogP) is 2.00. The highest BCUT2D eigenvalue weighted by Crippen LogP contribution is 2.20. The lowest BCUT2D eigenvalue weighted by molar-refractivity contribution is 0.118. The van der Waals surface area contributed by atoms with E-state index in [-0.39, 0.29) is 6.10 Å². The molecule has 1 saturated heterocycles. The van der Waals surface area contributed by atoms with Gasteiger partial charge in [0.15, 0.2) is 0 Å². The molecular formula is C15H30N2O. The third kappa shape index (κ3) is 4.52. The van der Waals surface area contributed by atoms with Crippen molar-refractivity contribution in [1.82, 2.24) is 10.2 Å². The van der Waals surface area contributed by atoms with Gasteiger partial charge in [0.05, 0.1) is 6.10 Å². The molecule has 0 amide bonds. The Morgan fingerprint density at radius 3 is 2.56 bits per heavy atom. The van der Waals surface area contributed by atoms with Crippen LogP contribution in [-0.4, -0.2) is 48.8 Å². The first-order valence-electron chi connectivity index (χ1n) is 7.85. The van der Waals surface area contributed by atoms with Crippen LogP contribution in [0.2, 0.25) is 0 Å². The van der Waals surface area contributed by atoms with E-state index >= 15 is 0 Å². The minimum atomic E-state index is -0.106. The summed E-state index contributed by atoms with van der Waals surface area (Å²) in [4.78, 5) is 2.43. The number of likely N-dealkylation sites (tertiary alicyclic amines) is 1. The second-order valence-electron chi connectivity index (χ2n) is 6.30. The monoisotopic (exact) mass is 254 g/mol. The Hall–Kier alpha value is -0.120. The van der Waals surface area contributed by atoms with E-state index in [1.165, 1.54) is 51.6 Å². The van der Waals surface area contributed by atoms with Gasteiger partial charge in [0.25, 0.3) is 0 Å². The predicted molar refractivity (Wildman–Crippen MR) is 75.7 cm³/mol. The van der Waals surface area contributed by atoms with E-state index < -0.39 is 0 Å². The van der Waals surface area contributed by atoms with E-state index in [4.69, 9.17) is 0 Å². The summed E-state index contributed by atoms with van der Waals surface area (Å²) < 4.78 is 0. The van der Waals surface area contributed by atoms with Crippen molar-refractivity contribution in [1.29, 1.82) is 0 Å². The summed E-state index contributed by atoms with van der Waals surface area (Å²) in [6.45, 7) is 3.61. The van der Waals surface area contributed by atoms with Gasteiger partial charge >= 0.3 is 0 Å². The van der Waals surface area contributed by atoms with Crippen LogP contribution in [0.15, 0.2) is 0 Å². The van der Waals surface area contributed by atoms with E-state index in [9.17, 15) is 5.11 Å². The molecule has 1 aliphatic carbocycles. The second kappa shape index (κ2) is 7.46. The molecule has 1 saturated carbocycles. The Kier molecular flexibility index (Phi) is 5.93. The van der Waals surface area contributed by atoms with Crippen LogP contribution in [0.4, 0.5) is 0 Å². The van der Waals surface area contributed by atoms with Crippen LogP contribution in [0.1, 0.15) is 51.4 Å². The van der Waals surface area contributed by atoms with Gasteiger partial charge in [-0.1, -0.05) is 19.3 Å². The van der Waals surface area contributed by atoms with Crippen LogP contribution >= 0.6 is 0 Å². The molecule has 1 aliphatic heterocycles. The van der Waals surface area contributed by atoms with Crippen molar-refractivity contribution in [3.05, 3.63) is 0 Å².